The smallest absolute Gasteiger partial charge is 0.262 e. The van der Waals surface area contributed by atoms with E-state index in [2.05, 4.69) is 0 Å². The third-order valence-corrected chi connectivity index (χ3v) is 5.62. The molecule has 2 heterocycles. The van der Waals surface area contributed by atoms with Crippen LogP contribution >= 0.6 is 0 Å². The summed E-state index contributed by atoms with van der Waals surface area (Å²) in [6, 6.07) is 13.5. The Kier molecular flexibility index (Phi) is 5.70. The standard InChI is InChI=1S/C23H23N3O5/c1-31-17-7-4-6-16(14-17)21(28)25-11-5-10-24(12-13-25)20(27)15-26-22(29)18-8-2-3-9-19(18)23(26)30/h2-4,6-9,14H,5,10-13,15H2,1H3. The number of nitrogens with zero attached hydrogens (tertiary/aromatic N) is 3. The van der Waals surface area contributed by atoms with Crippen LogP contribution in [0, 0.1) is 0 Å². The van der Waals surface area contributed by atoms with Crippen molar-refractivity contribution in [3.8, 4) is 5.75 Å². The summed E-state index contributed by atoms with van der Waals surface area (Å²) >= 11 is 0. The molecule has 2 aliphatic heterocycles. The molecule has 2 aromatic carbocycles. The van der Waals surface area contributed by atoms with Crippen molar-refractivity contribution in [3.63, 3.8) is 0 Å². The third kappa shape index (κ3) is 4.01. The first-order valence-corrected chi connectivity index (χ1v) is 10.2. The van der Waals surface area contributed by atoms with Gasteiger partial charge in [0.15, 0.2) is 0 Å². The molecule has 0 N–H and O–H groups in total. The van der Waals surface area contributed by atoms with Gasteiger partial charge in [-0.1, -0.05) is 18.2 Å². The molecule has 4 rings (SSSR count). The molecule has 0 aromatic heterocycles. The van der Waals surface area contributed by atoms with Gasteiger partial charge >= 0.3 is 0 Å². The van der Waals surface area contributed by atoms with E-state index < -0.39 is 11.8 Å². The van der Waals surface area contributed by atoms with E-state index in [1.165, 1.54) is 0 Å². The van der Waals surface area contributed by atoms with Crippen LogP contribution < -0.4 is 4.74 Å². The molecule has 8 heteroatoms. The molecule has 0 unspecified atom stereocenters. The number of hydrogen-bond acceptors (Lipinski definition) is 5. The SMILES string of the molecule is COc1cccc(C(=O)N2CCCN(C(=O)CN3C(=O)c4ccccc4C3=O)CC2)c1. The first-order chi connectivity index (χ1) is 15.0. The number of benzene rings is 2. The van der Waals surface area contributed by atoms with E-state index in [-0.39, 0.29) is 18.4 Å². The minimum Gasteiger partial charge on any atom is -0.497 e. The number of amides is 4. The zero-order chi connectivity index (χ0) is 22.0. The maximum atomic E-state index is 12.9. The Morgan fingerprint density at radius 1 is 0.871 bits per heavy atom. The molecule has 31 heavy (non-hydrogen) atoms. The van der Waals surface area contributed by atoms with E-state index >= 15 is 0 Å². The topological polar surface area (TPSA) is 87.2 Å². The maximum absolute atomic E-state index is 12.9. The van der Waals surface area contributed by atoms with E-state index in [1.54, 1.807) is 65.4 Å². The van der Waals surface area contributed by atoms with Crippen LogP contribution in [0.5, 0.6) is 5.75 Å². The molecule has 2 aromatic rings. The van der Waals surface area contributed by atoms with Gasteiger partial charge in [-0.2, -0.15) is 0 Å². The second kappa shape index (κ2) is 8.59. The molecule has 0 bridgehead atoms. The van der Waals surface area contributed by atoms with Crippen LogP contribution in [-0.4, -0.2) is 78.2 Å². The van der Waals surface area contributed by atoms with Crippen molar-refractivity contribution in [3.05, 3.63) is 65.2 Å². The molecule has 2 aliphatic rings. The largest absolute Gasteiger partial charge is 0.497 e. The predicted molar refractivity (Wildman–Crippen MR) is 112 cm³/mol. The molecule has 0 saturated carbocycles. The molecular formula is C23H23N3O5. The molecule has 0 radical (unpaired) electrons. The molecule has 0 atom stereocenters. The molecule has 8 nitrogen and oxygen atoms in total. The quantitative estimate of drug-likeness (QED) is 0.701. The number of carbonyl (C=O) groups excluding carboxylic acids is 4. The van der Waals surface area contributed by atoms with E-state index in [0.717, 1.165) is 4.90 Å². The summed E-state index contributed by atoms with van der Waals surface area (Å²) in [6.07, 6.45) is 0.615. The number of methoxy groups -OCH3 is 1. The summed E-state index contributed by atoms with van der Waals surface area (Å²) in [7, 11) is 1.55. The molecule has 0 spiro atoms. The lowest BCUT2D eigenvalue weighted by molar-refractivity contribution is -0.131. The highest BCUT2D eigenvalue weighted by molar-refractivity contribution is 6.22. The Hall–Kier alpha value is -3.68. The van der Waals surface area contributed by atoms with Crippen molar-refractivity contribution in [2.75, 3.05) is 39.8 Å². The van der Waals surface area contributed by atoms with E-state index in [1.807, 2.05) is 0 Å². The van der Waals surface area contributed by atoms with Crippen molar-refractivity contribution in [1.82, 2.24) is 14.7 Å². The number of fused-ring (bicyclic) bond motifs is 1. The Balaban J connectivity index is 1.39. The fourth-order valence-electron chi connectivity index (χ4n) is 3.93. The predicted octanol–water partition coefficient (Wildman–Crippen LogP) is 1.67. The fraction of sp³-hybridized carbons (Fsp3) is 0.304. The maximum Gasteiger partial charge on any atom is 0.262 e. The molecule has 4 amide bonds. The van der Waals surface area contributed by atoms with E-state index in [4.69, 9.17) is 4.74 Å². The molecule has 1 fully saturated rings. The van der Waals surface area contributed by atoms with Crippen LogP contribution in [0.2, 0.25) is 0 Å². The van der Waals surface area contributed by atoms with Gasteiger partial charge in [0.2, 0.25) is 5.91 Å². The van der Waals surface area contributed by atoms with Crippen LogP contribution in [0.1, 0.15) is 37.5 Å². The van der Waals surface area contributed by atoms with Crippen LogP contribution in [0.3, 0.4) is 0 Å². The van der Waals surface area contributed by atoms with Gasteiger partial charge in [-0.25, -0.2) is 0 Å². The molecule has 0 aliphatic carbocycles. The summed E-state index contributed by atoms with van der Waals surface area (Å²) < 4.78 is 5.19. The fourth-order valence-corrected chi connectivity index (χ4v) is 3.93. The van der Waals surface area contributed by atoms with Crippen molar-refractivity contribution in [2.24, 2.45) is 0 Å². The third-order valence-electron chi connectivity index (χ3n) is 5.62. The Morgan fingerprint density at radius 3 is 2.19 bits per heavy atom. The second-order valence-electron chi connectivity index (χ2n) is 7.50. The number of carbonyl (C=O) groups is 4. The van der Waals surface area contributed by atoms with Crippen LogP contribution in [0.25, 0.3) is 0 Å². The molecule has 160 valence electrons. The first kappa shape index (κ1) is 20.6. The van der Waals surface area contributed by atoms with Gasteiger partial charge < -0.3 is 14.5 Å². The first-order valence-electron chi connectivity index (χ1n) is 10.2. The van der Waals surface area contributed by atoms with Crippen LogP contribution in [-0.2, 0) is 4.79 Å². The minimum atomic E-state index is -0.446. The van der Waals surface area contributed by atoms with Gasteiger partial charge in [0.05, 0.1) is 18.2 Å². The van der Waals surface area contributed by atoms with Crippen molar-refractivity contribution in [1.29, 1.82) is 0 Å². The van der Waals surface area contributed by atoms with Gasteiger partial charge in [-0.3, -0.25) is 24.1 Å². The molecular weight excluding hydrogens is 398 g/mol. The Morgan fingerprint density at radius 2 is 1.52 bits per heavy atom. The average Bonchev–Trinajstić information content (AvgIpc) is 2.97. The van der Waals surface area contributed by atoms with Gasteiger partial charge in [0, 0.05) is 31.7 Å². The second-order valence-corrected chi connectivity index (χ2v) is 7.50. The van der Waals surface area contributed by atoms with Crippen molar-refractivity contribution >= 4 is 23.6 Å². The average molecular weight is 421 g/mol. The zero-order valence-electron chi connectivity index (χ0n) is 17.2. The van der Waals surface area contributed by atoms with Crippen molar-refractivity contribution < 1.29 is 23.9 Å². The van der Waals surface area contributed by atoms with Gasteiger partial charge in [0.25, 0.3) is 17.7 Å². The number of hydrogen-bond donors (Lipinski definition) is 0. The highest BCUT2D eigenvalue weighted by Gasteiger charge is 2.37. The minimum absolute atomic E-state index is 0.117. The summed E-state index contributed by atoms with van der Waals surface area (Å²) in [5.41, 5.74) is 1.18. The molecule has 1 saturated heterocycles. The Bertz CT molecular complexity index is 1020. The van der Waals surface area contributed by atoms with Gasteiger partial charge in [0.1, 0.15) is 12.3 Å². The Labute approximate surface area is 180 Å². The van der Waals surface area contributed by atoms with Crippen LogP contribution in [0.15, 0.2) is 48.5 Å². The number of ether oxygens (including phenoxy) is 1. The van der Waals surface area contributed by atoms with Gasteiger partial charge in [-0.05, 0) is 36.8 Å². The lowest BCUT2D eigenvalue weighted by atomic mass is 10.1. The summed E-state index contributed by atoms with van der Waals surface area (Å²) in [6.45, 7) is 1.41. The summed E-state index contributed by atoms with van der Waals surface area (Å²) in [5, 5.41) is 0. The van der Waals surface area contributed by atoms with E-state index in [0.29, 0.717) is 55.0 Å². The highest BCUT2D eigenvalue weighted by Crippen LogP contribution is 2.22. The number of imide groups is 1. The lowest BCUT2D eigenvalue weighted by Crippen LogP contribution is -2.44. The number of rotatable bonds is 4. The zero-order valence-corrected chi connectivity index (χ0v) is 17.2. The summed E-state index contributed by atoms with van der Waals surface area (Å²) in [4.78, 5) is 55.0. The summed E-state index contributed by atoms with van der Waals surface area (Å²) in [5.74, 6) is -0.700. The monoisotopic (exact) mass is 421 g/mol. The van der Waals surface area contributed by atoms with E-state index in [9.17, 15) is 19.2 Å². The normalized spacial score (nSPS) is 16.2. The van der Waals surface area contributed by atoms with Gasteiger partial charge in [-0.15, -0.1) is 0 Å². The van der Waals surface area contributed by atoms with Crippen LogP contribution in [0.4, 0.5) is 0 Å². The van der Waals surface area contributed by atoms with Crippen molar-refractivity contribution in [2.45, 2.75) is 6.42 Å². The lowest BCUT2D eigenvalue weighted by Gasteiger charge is -2.24. The highest BCUT2D eigenvalue weighted by atomic mass is 16.5.